The average molecular weight is 202 g/mol. The zero-order valence-corrected chi connectivity index (χ0v) is 8.06. The predicted octanol–water partition coefficient (Wildman–Crippen LogP) is 0.477. The fourth-order valence-electron chi connectivity index (χ4n) is 1.17. The quantitative estimate of drug-likeness (QED) is 0.548. The Morgan fingerprint density at radius 1 is 1.33 bits per heavy atom. The predicted molar refractivity (Wildman–Crippen MR) is 54.9 cm³/mol. The van der Waals surface area contributed by atoms with Crippen LogP contribution in [0.2, 0.25) is 0 Å². The highest BCUT2D eigenvalue weighted by atomic mass is 16.2. The van der Waals surface area contributed by atoms with Gasteiger partial charge in [-0.3, -0.25) is 0 Å². The van der Waals surface area contributed by atoms with Gasteiger partial charge in [0.25, 0.3) is 0 Å². The molecule has 5 nitrogen and oxygen atoms in total. The highest BCUT2D eigenvalue weighted by Crippen LogP contribution is 2.07. The van der Waals surface area contributed by atoms with Crippen molar-refractivity contribution in [1.82, 2.24) is 19.9 Å². The van der Waals surface area contributed by atoms with E-state index in [0.717, 1.165) is 5.52 Å². The van der Waals surface area contributed by atoms with Gasteiger partial charge in [-0.2, -0.15) is 0 Å². The fourth-order valence-corrected chi connectivity index (χ4v) is 1.17. The maximum atomic E-state index is 8.59. The highest BCUT2D eigenvalue weighted by Gasteiger charge is 2.01. The largest absolute Gasteiger partial charge is 0.396 e. The molecule has 2 aromatic rings. The Hall–Kier alpha value is -1.93. The molecule has 0 aromatic carbocycles. The van der Waals surface area contributed by atoms with Gasteiger partial charge < -0.3 is 10.1 Å². The van der Waals surface area contributed by atoms with Crippen molar-refractivity contribution in [3.05, 3.63) is 18.3 Å². The molecule has 0 fully saturated rings. The van der Waals surface area contributed by atoms with Crippen LogP contribution in [0.4, 0.5) is 0 Å². The van der Waals surface area contributed by atoms with Crippen LogP contribution in [0.25, 0.3) is 11.2 Å². The molecule has 0 spiro atoms. The zero-order valence-electron chi connectivity index (χ0n) is 8.06. The number of rotatable bonds is 2. The third-order valence-corrected chi connectivity index (χ3v) is 1.89. The molecule has 0 radical (unpaired) electrons. The molecule has 2 heterocycles. The standard InChI is InChI=1S/C10H10N4O/c15-5-3-1-2-4-8-9-10(13-6-11-8)14-7-12-9/h6-7,15H,1,3,5H2,(H,11,12,13,14). The molecule has 5 heteroatoms. The molecular weight excluding hydrogens is 192 g/mol. The number of nitrogens with one attached hydrogen (secondary N) is 1. The molecule has 0 atom stereocenters. The minimum atomic E-state index is 0.165. The van der Waals surface area contributed by atoms with E-state index in [2.05, 4.69) is 31.8 Å². The lowest BCUT2D eigenvalue weighted by Gasteiger charge is -1.90. The summed E-state index contributed by atoms with van der Waals surface area (Å²) in [5.74, 6) is 5.86. The van der Waals surface area contributed by atoms with E-state index in [9.17, 15) is 0 Å². The van der Waals surface area contributed by atoms with Gasteiger partial charge in [0.2, 0.25) is 0 Å². The molecule has 2 N–H and O–H groups in total. The molecule has 15 heavy (non-hydrogen) atoms. The Balaban J connectivity index is 2.26. The van der Waals surface area contributed by atoms with E-state index in [4.69, 9.17) is 5.11 Å². The molecule has 2 rings (SSSR count). The molecule has 0 saturated heterocycles. The smallest absolute Gasteiger partial charge is 0.181 e. The van der Waals surface area contributed by atoms with Crippen molar-refractivity contribution >= 4 is 11.2 Å². The number of aliphatic hydroxyl groups excluding tert-OH is 1. The summed E-state index contributed by atoms with van der Waals surface area (Å²) in [6.45, 7) is 0.165. The van der Waals surface area contributed by atoms with Gasteiger partial charge in [0.1, 0.15) is 17.5 Å². The number of imidazole rings is 1. The van der Waals surface area contributed by atoms with E-state index in [-0.39, 0.29) is 6.61 Å². The minimum Gasteiger partial charge on any atom is -0.396 e. The van der Waals surface area contributed by atoms with E-state index in [1.807, 2.05) is 0 Å². The van der Waals surface area contributed by atoms with Crippen LogP contribution in [0.1, 0.15) is 18.5 Å². The minimum absolute atomic E-state index is 0.165. The van der Waals surface area contributed by atoms with Crippen molar-refractivity contribution < 1.29 is 5.11 Å². The van der Waals surface area contributed by atoms with E-state index in [0.29, 0.717) is 24.2 Å². The number of aliphatic hydroxyl groups is 1. The first-order chi connectivity index (χ1) is 7.42. The molecule has 76 valence electrons. The first-order valence-corrected chi connectivity index (χ1v) is 4.65. The van der Waals surface area contributed by atoms with Crippen molar-refractivity contribution in [3.8, 4) is 11.8 Å². The summed E-state index contributed by atoms with van der Waals surface area (Å²) in [5.41, 5.74) is 2.03. The number of aromatic nitrogens is 4. The first-order valence-electron chi connectivity index (χ1n) is 4.65. The summed E-state index contributed by atoms with van der Waals surface area (Å²) >= 11 is 0. The van der Waals surface area contributed by atoms with E-state index in [1.54, 1.807) is 6.33 Å². The van der Waals surface area contributed by atoms with Crippen LogP contribution in [0.5, 0.6) is 0 Å². The molecule has 0 saturated carbocycles. The molecule has 0 aliphatic heterocycles. The Kier molecular flexibility index (Phi) is 2.90. The summed E-state index contributed by atoms with van der Waals surface area (Å²) in [6.07, 6.45) is 4.36. The van der Waals surface area contributed by atoms with E-state index < -0.39 is 0 Å². The zero-order chi connectivity index (χ0) is 10.5. The molecular formula is C10H10N4O. The number of fused-ring (bicyclic) bond motifs is 1. The second kappa shape index (κ2) is 4.53. The number of aromatic amines is 1. The van der Waals surface area contributed by atoms with Crippen molar-refractivity contribution in [3.63, 3.8) is 0 Å². The topological polar surface area (TPSA) is 74.7 Å². The van der Waals surface area contributed by atoms with E-state index >= 15 is 0 Å². The van der Waals surface area contributed by atoms with Gasteiger partial charge in [0.05, 0.1) is 6.33 Å². The van der Waals surface area contributed by atoms with Crippen molar-refractivity contribution in [1.29, 1.82) is 0 Å². The van der Waals surface area contributed by atoms with Gasteiger partial charge in [-0.05, 0) is 12.3 Å². The van der Waals surface area contributed by atoms with Crippen molar-refractivity contribution in [2.24, 2.45) is 0 Å². The fraction of sp³-hybridized carbons (Fsp3) is 0.300. The number of hydrogen-bond donors (Lipinski definition) is 2. The number of unbranched alkanes of at least 4 members (excludes halogenated alkanes) is 1. The molecule has 0 aliphatic carbocycles. The SMILES string of the molecule is OCCCC#Cc1ncnc2nc[nH]c12. The Bertz CT molecular complexity index is 509. The Morgan fingerprint density at radius 3 is 3.13 bits per heavy atom. The second-order valence-electron chi connectivity index (χ2n) is 2.95. The summed E-state index contributed by atoms with van der Waals surface area (Å²) < 4.78 is 0. The maximum Gasteiger partial charge on any atom is 0.181 e. The summed E-state index contributed by atoms with van der Waals surface area (Å²) in [6, 6.07) is 0. The van der Waals surface area contributed by atoms with Gasteiger partial charge >= 0.3 is 0 Å². The lowest BCUT2D eigenvalue weighted by atomic mass is 10.3. The van der Waals surface area contributed by atoms with Crippen molar-refractivity contribution in [2.75, 3.05) is 6.61 Å². The Morgan fingerprint density at radius 2 is 2.27 bits per heavy atom. The summed E-state index contributed by atoms with van der Waals surface area (Å²) in [5, 5.41) is 8.59. The highest BCUT2D eigenvalue weighted by molar-refractivity contribution is 5.75. The average Bonchev–Trinajstić information content (AvgIpc) is 2.73. The number of hydrogen-bond acceptors (Lipinski definition) is 4. The second-order valence-corrected chi connectivity index (χ2v) is 2.95. The van der Waals surface area contributed by atoms with Crippen LogP contribution < -0.4 is 0 Å². The third kappa shape index (κ3) is 2.11. The lowest BCUT2D eigenvalue weighted by molar-refractivity contribution is 0.290. The van der Waals surface area contributed by atoms with Gasteiger partial charge in [0.15, 0.2) is 5.65 Å². The van der Waals surface area contributed by atoms with Gasteiger partial charge in [-0.25, -0.2) is 15.0 Å². The first kappa shape index (κ1) is 9.62. The number of H-pyrrole nitrogens is 1. The van der Waals surface area contributed by atoms with Crippen LogP contribution in [0, 0.1) is 11.8 Å². The summed E-state index contributed by atoms with van der Waals surface area (Å²) in [7, 11) is 0. The van der Waals surface area contributed by atoms with Gasteiger partial charge in [0, 0.05) is 13.0 Å². The molecule has 0 unspecified atom stereocenters. The molecule has 0 amide bonds. The Labute approximate surface area is 86.6 Å². The molecule has 0 aliphatic rings. The normalized spacial score (nSPS) is 9.93. The van der Waals surface area contributed by atoms with Gasteiger partial charge in [-0.1, -0.05) is 5.92 Å². The van der Waals surface area contributed by atoms with Crippen LogP contribution in [-0.2, 0) is 0 Å². The van der Waals surface area contributed by atoms with Crippen LogP contribution >= 0.6 is 0 Å². The van der Waals surface area contributed by atoms with E-state index in [1.165, 1.54) is 6.33 Å². The van der Waals surface area contributed by atoms with Crippen LogP contribution in [-0.4, -0.2) is 31.6 Å². The lowest BCUT2D eigenvalue weighted by Crippen LogP contribution is -1.87. The summed E-state index contributed by atoms with van der Waals surface area (Å²) in [4.78, 5) is 15.0. The van der Waals surface area contributed by atoms with Gasteiger partial charge in [-0.15, -0.1) is 0 Å². The van der Waals surface area contributed by atoms with Crippen molar-refractivity contribution in [2.45, 2.75) is 12.8 Å². The monoisotopic (exact) mass is 202 g/mol. The van der Waals surface area contributed by atoms with Crippen LogP contribution in [0.3, 0.4) is 0 Å². The molecule has 0 bridgehead atoms. The van der Waals surface area contributed by atoms with Crippen LogP contribution in [0.15, 0.2) is 12.7 Å². The number of nitrogens with zero attached hydrogens (tertiary/aromatic N) is 3. The molecule has 2 aromatic heterocycles. The maximum absolute atomic E-state index is 8.59. The third-order valence-electron chi connectivity index (χ3n) is 1.89.